The van der Waals surface area contributed by atoms with Gasteiger partial charge in [0.1, 0.15) is 0 Å². The molecule has 1 heterocycles. The van der Waals surface area contributed by atoms with Crippen molar-refractivity contribution in [3.05, 3.63) is 146 Å². The highest BCUT2D eigenvalue weighted by molar-refractivity contribution is 7.20. The second kappa shape index (κ2) is 9.20. The van der Waals surface area contributed by atoms with Gasteiger partial charge in [-0.1, -0.05) is 146 Å². The van der Waals surface area contributed by atoms with E-state index in [1.165, 1.54) is 64.7 Å². The molecule has 0 N–H and O–H groups in total. The molecule has 37 heavy (non-hydrogen) atoms. The number of thiophene rings is 1. The van der Waals surface area contributed by atoms with E-state index in [9.17, 15) is 0 Å². The standard InChI is InChI=1S/C36H24S/c1-3-15-27(16-4-1)33-34(28-17-5-2-6-18-28)36(32-24-12-20-26-14-8-10-22-30(26)32)37-35(33)31-23-11-19-25-13-7-9-21-29(25)31/h1-24H. The van der Waals surface area contributed by atoms with E-state index in [2.05, 4.69) is 146 Å². The summed E-state index contributed by atoms with van der Waals surface area (Å²) in [7, 11) is 0. The van der Waals surface area contributed by atoms with Gasteiger partial charge in [-0.25, -0.2) is 0 Å². The average molecular weight is 489 g/mol. The van der Waals surface area contributed by atoms with Crippen molar-refractivity contribution < 1.29 is 0 Å². The summed E-state index contributed by atoms with van der Waals surface area (Å²) >= 11 is 1.91. The Morgan fingerprint density at radius 1 is 0.324 bits per heavy atom. The van der Waals surface area contributed by atoms with Gasteiger partial charge < -0.3 is 0 Å². The van der Waals surface area contributed by atoms with Crippen LogP contribution in [0.2, 0.25) is 0 Å². The van der Waals surface area contributed by atoms with Gasteiger partial charge in [0.2, 0.25) is 0 Å². The monoisotopic (exact) mass is 488 g/mol. The van der Waals surface area contributed by atoms with Crippen LogP contribution in [0.25, 0.3) is 64.7 Å². The highest BCUT2D eigenvalue weighted by Gasteiger charge is 2.24. The average Bonchev–Trinajstić information content (AvgIpc) is 3.38. The summed E-state index contributed by atoms with van der Waals surface area (Å²) in [4.78, 5) is 2.62. The van der Waals surface area contributed by atoms with E-state index in [1.54, 1.807) is 0 Å². The fourth-order valence-electron chi connectivity index (χ4n) is 5.42. The van der Waals surface area contributed by atoms with E-state index in [0.717, 1.165) is 0 Å². The Kier molecular flexibility index (Phi) is 5.42. The van der Waals surface area contributed by atoms with Crippen LogP contribution in [0.3, 0.4) is 0 Å². The molecule has 0 amide bonds. The first-order valence-corrected chi connectivity index (χ1v) is 13.4. The summed E-state index contributed by atoms with van der Waals surface area (Å²) in [5.41, 5.74) is 7.66. The molecule has 6 aromatic carbocycles. The molecule has 0 radical (unpaired) electrons. The lowest BCUT2D eigenvalue weighted by atomic mass is 9.89. The number of benzene rings is 6. The molecule has 174 valence electrons. The maximum absolute atomic E-state index is 2.28. The van der Waals surface area contributed by atoms with E-state index in [-0.39, 0.29) is 0 Å². The predicted molar refractivity (Wildman–Crippen MR) is 161 cm³/mol. The molecule has 0 saturated carbocycles. The molecule has 1 heteroatoms. The molecule has 0 fully saturated rings. The van der Waals surface area contributed by atoms with Crippen LogP contribution < -0.4 is 0 Å². The molecule has 0 bridgehead atoms. The highest BCUT2D eigenvalue weighted by atomic mass is 32.1. The minimum Gasteiger partial charge on any atom is -0.134 e. The lowest BCUT2D eigenvalue weighted by Crippen LogP contribution is -1.87. The predicted octanol–water partition coefficient (Wildman–Crippen LogP) is 10.7. The van der Waals surface area contributed by atoms with Crippen LogP contribution in [-0.4, -0.2) is 0 Å². The molecule has 7 aromatic rings. The van der Waals surface area contributed by atoms with Crippen LogP contribution in [0, 0.1) is 0 Å². The van der Waals surface area contributed by atoms with Gasteiger partial charge in [0.15, 0.2) is 0 Å². The summed E-state index contributed by atoms with van der Waals surface area (Å²) in [5.74, 6) is 0. The fraction of sp³-hybridized carbons (Fsp3) is 0. The smallest absolute Gasteiger partial charge is 0.0440 e. The Hall–Kier alpha value is -4.46. The molecular formula is C36H24S. The first-order valence-electron chi connectivity index (χ1n) is 12.6. The van der Waals surface area contributed by atoms with E-state index < -0.39 is 0 Å². The number of hydrogen-bond donors (Lipinski definition) is 0. The normalized spacial score (nSPS) is 11.2. The minimum atomic E-state index is 1.24. The van der Waals surface area contributed by atoms with E-state index in [0.29, 0.717) is 0 Å². The van der Waals surface area contributed by atoms with Crippen molar-refractivity contribution in [1.82, 2.24) is 0 Å². The fourth-order valence-corrected chi connectivity index (χ4v) is 6.84. The topological polar surface area (TPSA) is 0 Å². The molecule has 0 nitrogen and oxygen atoms in total. The SMILES string of the molecule is c1ccc(-c2c(-c3cccc4ccccc34)sc(-c3cccc4ccccc34)c2-c2ccccc2)cc1. The van der Waals surface area contributed by atoms with Crippen LogP contribution in [0.1, 0.15) is 0 Å². The zero-order chi connectivity index (χ0) is 24.6. The van der Waals surface area contributed by atoms with Gasteiger partial charge in [-0.3, -0.25) is 0 Å². The molecule has 0 aliphatic heterocycles. The van der Waals surface area contributed by atoms with Gasteiger partial charge in [-0.15, -0.1) is 11.3 Å². The molecule has 7 rings (SSSR count). The lowest BCUT2D eigenvalue weighted by Gasteiger charge is -2.12. The number of fused-ring (bicyclic) bond motifs is 2. The second-order valence-electron chi connectivity index (χ2n) is 9.30. The third-order valence-corrected chi connectivity index (χ3v) is 8.36. The first kappa shape index (κ1) is 21.8. The molecule has 0 spiro atoms. The van der Waals surface area contributed by atoms with Gasteiger partial charge in [0, 0.05) is 32.0 Å². The van der Waals surface area contributed by atoms with Crippen molar-refractivity contribution in [1.29, 1.82) is 0 Å². The van der Waals surface area contributed by atoms with Gasteiger partial charge >= 0.3 is 0 Å². The van der Waals surface area contributed by atoms with Gasteiger partial charge in [-0.2, -0.15) is 0 Å². The van der Waals surface area contributed by atoms with E-state index in [1.807, 2.05) is 11.3 Å². The summed E-state index contributed by atoms with van der Waals surface area (Å²) < 4.78 is 0. The van der Waals surface area contributed by atoms with Crippen LogP contribution >= 0.6 is 11.3 Å². The zero-order valence-electron chi connectivity index (χ0n) is 20.3. The Labute approximate surface area is 221 Å². The molecule has 1 aromatic heterocycles. The zero-order valence-corrected chi connectivity index (χ0v) is 21.1. The van der Waals surface area contributed by atoms with Crippen LogP contribution in [0.4, 0.5) is 0 Å². The van der Waals surface area contributed by atoms with E-state index >= 15 is 0 Å². The van der Waals surface area contributed by atoms with Crippen molar-refractivity contribution in [2.24, 2.45) is 0 Å². The highest BCUT2D eigenvalue weighted by Crippen LogP contribution is 2.53. The summed E-state index contributed by atoms with van der Waals surface area (Å²) in [6.07, 6.45) is 0. The second-order valence-corrected chi connectivity index (χ2v) is 10.3. The van der Waals surface area contributed by atoms with E-state index in [4.69, 9.17) is 0 Å². The molecule has 0 aliphatic rings. The lowest BCUT2D eigenvalue weighted by molar-refractivity contribution is 1.62. The summed E-state index contributed by atoms with van der Waals surface area (Å²) in [6.45, 7) is 0. The van der Waals surface area contributed by atoms with Crippen molar-refractivity contribution >= 4 is 32.9 Å². The Morgan fingerprint density at radius 3 is 1.16 bits per heavy atom. The third kappa shape index (κ3) is 3.76. The maximum atomic E-state index is 2.28. The van der Waals surface area contributed by atoms with Gasteiger partial charge in [-0.05, 0) is 32.7 Å². The quantitative estimate of drug-likeness (QED) is 0.231. The molecule has 0 unspecified atom stereocenters. The minimum absolute atomic E-state index is 1.24. The number of hydrogen-bond acceptors (Lipinski definition) is 1. The van der Waals surface area contributed by atoms with Crippen LogP contribution in [-0.2, 0) is 0 Å². The molecule has 0 atom stereocenters. The van der Waals surface area contributed by atoms with Crippen molar-refractivity contribution in [3.8, 4) is 43.1 Å². The summed E-state index contributed by atoms with van der Waals surface area (Å²) in [5, 5.41) is 5.10. The largest absolute Gasteiger partial charge is 0.134 e. The Balaban J connectivity index is 1.65. The molecule has 0 aliphatic carbocycles. The Bertz CT molecular complexity index is 1710. The van der Waals surface area contributed by atoms with Gasteiger partial charge in [0.05, 0.1) is 0 Å². The van der Waals surface area contributed by atoms with Crippen molar-refractivity contribution in [2.75, 3.05) is 0 Å². The summed E-state index contributed by atoms with van der Waals surface area (Å²) in [6, 6.07) is 52.5. The molecular weight excluding hydrogens is 464 g/mol. The van der Waals surface area contributed by atoms with Crippen LogP contribution in [0.15, 0.2) is 146 Å². The van der Waals surface area contributed by atoms with Crippen molar-refractivity contribution in [3.63, 3.8) is 0 Å². The maximum Gasteiger partial charge on any atom is 0.0440 e. The molecule has 0 saturated heterocycles. The third-order valence-electron chi connectivity index (χ3n) is 7.10. The van der Waals surface area contributed by atoms with Crippen molar-refractivity contribution in [2.45, 2.75) is 0 Å². The van der Waals surface area contributed by atoms with Crippen LogP contribution in [0.5, 0.6) is 0 Å². The first-order chi connectivity index (χ1) is 18.4. The van der Waals surface area contributed by atoms with Gasteiger partial charge in [0.25, 0.3) is 0 Å². The Morgan fingerprint density at radius 2 is 0.703 bits per heavy atom. The number of rotatable bonds is 4.